The van der Waals surface area contributed by atoms with Gasteiger partial charge in [0, 0.05) is 24.0 Å². The maximum atomic E-state index is 10.8. The van der Waals surface area contributed by atoms with Gasteiger partial charge in [0.1, 0.15) is 12.4 Å². The highest BCUT2D eigenvalue weighted by Crippen LogP contribution is 2.23. The van der Waals surface area contributed by atoms with Crippen LogP contribution in [0.2, 0.25) is 0 Å². The monoisotopic (exact) mass is 258 g/mol. The van der Waals surface area contributed by atoms with Crippen molar-refractivity contribution in [2.24, 2.45) is 0 Å². The molecule has 0 amide bonds. The Morgan fingerprint density at radius 3 is 2.84 bits per heavy atom. The summed E-state index contributed by atoms with van der Waals surface area (Å²) in [5.41, 5.74) is 0.630. The lowest BCUT2D eigenvalue weighted by molar-refractivity contribution is -0.385. The second kappa shape index (κ2) is 5.72. The second-order valence-corrected chi connectivity index (χ2v) is 3.75. The Morgan fingerprint density at radius 1 is 1.37 bits per heavy atom. The van der Waals surface area contributed by atoms with Gasteiger partial charge in [-0.3, -0.25) is 19.9 Å². The lowest BCUT2D eigenvalue weighted by Crippen LogP contribution is -1.98. The summed E-state index contributed by atoms with van der Waals surface area (Å²) < 4.78 is 5.45. The summed E-state index contributed by atoms with van der Waals surface area (Å²) in [6.07, 6.45) is 3.75. The van der Waals surface area contributed by atoms with Gasteiger partial charge in [0.05, 0.1) is 10.5 Å². The van der Waals surface area contributed by atoms with Crippen molar-refractivity contribution in [2.45, 2.75) is 6.61 Å². The summed E-state index contributed by atoms with van der Waals surface area (Å²) in [6, 6.07) is 7.69. The van der Waals surface area contributed by atoms with Gasteiger partial charge in [-0.1, -0.05) is 6.07 Å². The number of hydrogen-bond donors (Lipinski definition) is 0. The summed E-state index contributed by atoms with van der Waals surface area (Å²) in [5.74, 6) is 0.400. The fourth-order valence-corrected chi connectivity index (χ4v) is 1.53. The first kappa shape index (κ1) is 12.7. The number of benzene rings is 1. The molecule has 1 aromatic carbocycles. The molecule has 0 saturated carbocycles. The van der Waals surface area contributed by atoms with Gasteiger partial charge in [0.25, 0.3) is 5.69 Å². The SMILES string of the molecule is O=Cc1cc(OCc2cccnc2)ccc1[N+](=O)[O-]. The number of nitrogens with zero attached hydrogens (tertiary/aromatic N) is 2. The summed E-state index contributed by atoms with van der Waals surface area (Å²) in [4.78, 5) is 24.8. The van der Waals surface area contributed by atoms with E-state index in [-0.39, 0.29) is 17.9 Å². The van der Waals surface area contributed by atoms with Crippen molar-refractivity contribution < 1.29 is 14.5 Å². The Morgan fingerprint density at radius 2 is 2.21 bits per heavy atom. The summed E-state index contributed by atoms with van der Waals surface area (Å²) >= 11 is 0. The fourth-order valence-electron chi connectivity index (χ4n) is 1.53. The van der Waals surface area contributed by atoms with Gasteiger partial charge < -0.3 is 4.74 Å². The predicted octanol–water partition coefficient (Wildman–Crippen LogP) is 2.38. The predicted molar refractivity (Wildman–Crippen MR) is 67.1 cm³/mol. The standard InChI is InChI=1S/C13H10N2O4/c16-8-11-6-12(3-4-13(11)15(17)18)19-9-10-2-1-5-14-7-10/h1-8H,9H2. The quantitative estimate of drug-likeness (QED) is 0.467. The molecular weight excluding hydrogens is 248 g/mol. The molecule has 0 unspecified atom stereocenters. The van der Waals surface area contributed by atoms with Crippen molar-refractivity contribution in [1.29, 1.82) is 0 Å². The van der Waals surface area contributed by atoms with E-state index in [2.05, 4.69) is 4.98 Å². The highest BCUT2D eigenvalue weighted by molar-refractivity contribution is 5.82. The lowest BCUT2D eigenvalue weighted by atomic mass is 10.2. The number of carbonyl (C=O) groups is 1. The van der Waals surface area contributed by atoms with Crippen LogP contribution in [0.15, 0.2) is 42.7 Å². The maximum Gasteiger partial charge on any atom is 0.280 e. The van der Waals surface area contributed by atoms with Crippen molar-refractivity contribution in [3.05, 3.63) is 64.0 Å². The van der Waals surface area contributed by atoms with Crippen LogP contribution in [0.1, 0.15) is 15.9 Å². The van der Waals surface area contributed by atoms with E-state index in [4.69, 9.17) is 4.74 Å². The molecule has 0 spiro atoms. The summed E-state index contributed by atoms with van der Waals surface area (Å²) in [6.45, 7) is 0.282. The van der Waals surface area contributed by atoms with E-state index < -0.39 is 4.92 Å². The lowest BCUT2D eigenvalue weighted by Gasteiger charge is -2.06. The second-order valence-electron chi connectivity index (χ2n) is 3.75. The van der Waals surface area contributed by atoms with Crippen molar-refractivity contribution in [2.75, 3.05) is 0 Å². The van der Waals surface area contributed by atoms with E-state index in [1.54, 1.807) is 18.5 Å². The van der Waals surface area contributed by atoms with Crippen LogP contribution in [-0.4, -0.2) is 16.2 Å². The molecule has 0 aliphatic rings. The van der Waals surface area contributed by atoms with Gasteiger partial charge in [-0.2, -0.15) is 0 Å². The van der Waals surface area contributed by atoms with E-state index >= 15 is 0 Å². The van der Waals surface area contributed by atoms with E-state index in [1.807, 2.05) is 6.07 Å². The van der Waals surface area contributed by atoms with Crippen molar-refractivity contribution >= 4 is 12.0 Å². The molecule has 2 aromatic rings. The number of nitro benzene ring substituents is 1. The average molecular weight is 258 g/mol. The molecule has 1 aromatic heterocycles. The Hall–Kier alpha value is -2.76. The topological polar surface area (TPSA) is 82.3 Å². The molecule has 0 N–H and O–H groups in total. The van der Waals surface area contributed by atoms with Gasteiger partial charge in [0.15, 0.2) is 6.29 Å². The maximum absolute atomic E-state index is 10.8. The molecular formula is C13H10N2O4. The van der Waals surface area contributed by atoms with Crippen LogP contribution in [0.5, 0.6) is 5.75 Å². The first-order chi connectivity index (χ1) is 9.20. The normalized spacial score (nSPS) is 9.89. The molecule has 0 atom stereocenters. The number of nitro groups is 1. The molecule has 2 rings (SSSR count). The van der Waals surface area contributed by atoms with Gasteiger partial charge in [-0.05, 0) is 18.2 Å². The highest BCUT2D eigenvalue weighted by atomic mass is 16.6. The molecule has 0 fully saturated rings. The van der Waals surface area contributed by atoms with Crippen LogP contribution in [0.3, 0.4) is 0 Å². The molecule has 6 nitrogen and oxygen atoms in total. The molecule has 0 aliphatic carbocycles. The Kier molecular flexibility index (Phi) is 3.82. The number of carbonyl (C=O) groups excluding carboxylic acids is 1. The smallest absolute Gasteiger partial charge is 0.280 e. The van der Waals surface area contributed by atoms with E-state index in [9.17, 15) is 14.9 Å². The van der Waals surface area contributed by atoms with Gasteiger partial charge >= 0.3 is 0 Å². The molecule has 0 aliphatic heterocycles. The fraction of sp³-hybridized carbons (Fsp3) is 0.0769. The molecule has 6 heteroatoms. The van der Waals surface area contributed by atoms with E-state index in [0.717, 1.165) is 5.56 Å². The molecule has 19 heavy (non-hydrogen) atoms. The number of rotatable bonds is 5. The molecule has 0 bridgehead atoms. The van der Waals surface area contributed by atoms with E-state index in [0.29, 0.717) is 12.0 Å². The number of aromatic nitrogens is 1. The summed E-state index contributed by atoms with van der Waals surface area (Å²) in [7, 11) is 0. The van der Waals surface area contributed by atoms with E-state index in [1.165, 1.54) is 18.2 Å². The minimum absolute atomic E-state index is 0.00585. The molecule has 1 heterocycles. The van der Waals surface area contributed by atoms with Crippen LogP contribution in [0.4, 0.5) is 5.69 Å². The summed E-state index contributed by atoms with van der Waals surface area (Å²) in [5, 5.41) is 10.7. The Labute approximate surface area is 108 Å². The van der Waals surface area contributed by atoms with Crippen molar-refractivity contribution in [3.8, 4) is 5.75 Å². The minimum atomic E-state index is -0.603. The van der Waals surface area contributed by atoms with Gasteiger partial charge in [-0.15, -0.1) is 0 Å². The first-order valence-corrected chi connectivity index (χ1v) is 5.46. The van der Waals surface area contributed by atoms with Gasteiger partial charge in [-0.25, -0.2) is 0 Å². The molecule has 96 valence electrons. The number of hydrogen-bond acceptors (Lipinski definition) is 5. The average Bonchev–Trinajstić information content (AvgIpc) is 2.45. The van der Waals surface area contributed by atoms with Crippen LogP contribution >= 0.6 is 0 Å². The van der Waals surface area contributed by atoms with Crippen LogP contribution in [0.25, 0.3) is 0 Å². The number of pyridine rings is 1. The Balaban J connectivity index is 2.13. The zero-order chi connectivity index (χ0) is 13.7. The first-order valence-electron chi connectivity index (χ1n) is 5.46. The zero-order valence-electron chi connectivity index (χ0n) is 9.85. The van der Waals surface area contributed by atoms with Crippen LogP contribution in [0, 0.1) is 10.1 Å². The highest BCUT2D eigenvalue weighted by Gasteiger charge is 2.13. The third-order valence-corrected chi connectivity index (χ3v) is 2.45. The number of aldehydes is 1. The third-order valence-electron chi connectivity index (χ3n) is 2.45. The number of ether oxygens (including phenoxy) is 1. The van der Waals surface area contributed by atoms with Gasteiger partial charge in [0.2, 0.25) is 0 Å². The molecule has 0 saturated heterocycles. The largest absolute Gasteiger partial charge is 0.489 e. The van der Waals surface area contributed by atoms with Crippen molar-refractivity contribution in [1.82, 2.24) is 4.98 Å². The third kappa shape index (κ3) is 3.12. The van der Waals surface area contributed by atoms with Crippen LogP contribution < -0.4 is 4.74 Å². The minimum Gasteiger partial charge on any atom is -0.489 e. The van der Waals surface area contributed by atoms with Crippen molar-refractivity contribution in [3.63, 3.8) is 0 Å². The van der Waals surface area contributed by atoms with Crippen LogP contribution in [-0.2, 0) is 6.61 Å². The zero-order valence-corrected chi connectivity index (χ0v) is 9.85. The Bertz CT molecular complexity index is 599. The molecule has 0 radical (unpaired) electrons.